The molecule has 24 heavy (non-hydrogen) atoms. The summed E-state index contributed by atoms with van der Waals surface area (Å²) in [6.45, 7) is 1.19. The largest absolute Gasteiger partial charge is 0.494 e. The topological polar surface area (TPSA) is 54.0 Å². The van der Waals surface area contributed by atoms with Gasteiger partial charge in [0.2, 0.25) is 0 Å². The van der Waals surface area contributed by atoms with Crippen molar-refractivity contribution in [3.05, 3.63) is 54.1 Å². The van der Waals surface area contributed by atoms with Crippen LogP contribution in [0.2, 0.25) is 0 Å². The summed E-state index contributed by atoms with van der Waals surface area (Å²) in [7, 11) is 2.99. The number of rotatable bonds is 9. The van der Waals surface area contributed by atoms with Crippen LogP contribution in [-0.4, -0.2) is 33.4 Å². The lowest BCUT2D eigenvalue weighted by atomic mass is 10.2. The molecule has 5 heteroatoms. The maximum absolute atomic E-state index is 11.3. The molecule has 2 aromatic carbocycles. The Kier molecular flexibility index (Phi) is 6.95. The maximum Gasteiger partial charge on any atom is 0.337 e. The van der Waals surface area contributed by atoms with Gasteiger partial charge in [0.15, 0.2) is 11.5 Å². The first-order valence-electron chi connectivity index (χ1n) is 7.81. The number of ether oxygens (including phenoxy) is 4. The Hall–Kier alpha value is -2.69. The highest BCUT2D eigenvalue weighted by molar-refractivity contribution is 5.89. The normalized spacial score (nSPS) is 10.1. The van der Waals surface area contributed by atoms with E-state index in [1.54, 1.807) is 31.4 Å². The second-order valence-electron chi connectivity index (χ2n) is 5.07. The van der Waals surface area contributed by atoms with Gasteiger partial charge in [-0.25, -0.2) is 4.79 Å². The summed E-state index contributed by atoms with van der Waals surface area (Å²) in [6.07, 6.45) is 1.74. The van der Waals surface area contributed by atoms with Gasteiger partial charge in [-0.2, -0.15) is 0 Å². The zero-order valence-electron chi connectivity index (χ0n) is 14.0. The molecule has 0 radical (unpaired) electrons. The molecule has 0 fully saturated rings. The Labute approximate surface area is 142 Å². The fourth-order valence-corrected chi connectivity index (χ4v) is 2.12. The average Bonchev–Trinajstić information content (AvgIpc) is 2.64. The summed E-state index contributed by atoms with van der Waals surface area (Å²) in [5, 5.41) is 0. The van der Waals surface area contributed by atoms with Gasteiger partial charge in [-0.3, -0.25) is 0 Å². The van der Waals surface area contributed by atoms with E-state index in [1.807, 2.05) is 24.3 Å². The van der Waals surface area contributed by atoms with E-state index in [9.17, 15) is 4.79 Å². The fraction of sp³-hybridized carbons (Fsp3) is 0.316. The number of carbonyl (C=O) groups excluding carboxylic acids is 1. The number of benzene rings is 2. The maximum atomic E-state index is 11.3. The molecule has 0 N–H and O–H groups in total. The highest BCUT2D eigenvalue weighted by atomic mass is 16.5. The Morgan fingerprint density at radius 3 is 2.08 bits per heavy atom. The molecule has 0 saturated carbocycles. The van der Waals surface area contributed by atoms with E-state index in [1.165, 1.54) is 7.11 Å². The van der Waals surface area contributed by atoms with Crippen LogP contribution < -0.4 is 14.2 Å². The minimum Gasteiger partial charge on any atom is -0.494 e. The first-order valence-corrected chi connectivity index (χ1v) is 7.81. The summed E-state index contributed by atoms with van der Waals surface area (Å²) in [6, 6.07) is 14.5. The van der Waals surface area contributed by atoms with Gasteiger partial charge in [-0.15, -0.1) is 0 Å². The predicted octanol–water partition coefficient (Wildman–Crippen LogP) is 3.72. The quantitative estimate of drug-likeness (QED) is 0.518. The third kappa shape index (κ3) is 5.19. The van der Waals surface area contributed by atoms with E-state index in [0.717, 1.165) is 30.1 Å². The summed E-state index contributed by atoms with van der Waals surface area (Å²) in [5.74, 6) is 1.86. The smallest absolute Gasteiger partial charge is 0.337 e. The molecule has 0 unspecified atom stereocenters. The van der Waals surface area contributed by atoms with Gasteiger partial charge in [-0.1, -0.05) is 12.1 Å². The van der Waals surface area contributed by atoms with Crippen LogP contribution in [0.5, 0.6) is 17.2 Å². The van der Waals surface area contributed by atoms with Crippen LogP contribution in [0.1, 0.15) is 23.2 Å². The number of hydrogen-bond acceptors (Lipinski definition) is 5. The van der Waals surface area contributed by atoms with Crippen molar-refractivity contribution >= 4 is 5.97 Å². The zero-order valence-corrected chi connectivity index (χ0v) is 14.0. The molecule has 5 nitrogen and oxygen atoms in total. The molecule has 0 saturated heterocycles. The van der Waals surface area contributed by atoms with Crippen molar-refractivity contribution < 1.29 is 23.7 Å². The second kappa shape index (κ2) is 9.45. The average molecular weight is 330 g/mol. The lowest BCUT2D eigenvalue weighted by Crippen LogP contribution is -2.04. The number of unbranched alkanes of at least 4 members (excludes halogenated alkanes) is 1. The van der Waals surface area contributed by atoms with Crippen LogP contribution in [-0.2, 0) is 4.74 Å². The highest BCUT2D eigenvalue weighted by Gasteiger charge is 2.05. The molecule has 2 aromatic rings. The first-order chi connectivity index (χ1) is 11.7. The van der Waals surface area contributed by atoms with Crippen LogP contribution in [0, 0.1) is 0 Å². The number of hydrogen-bond donors (Lipinski definition) is 0. The van der Waals surface area contributed by atoms with Crippen molar-refractivity contribution in [2.24, 2.45) is 0 Å². The predicted molar refractivity (Wildman–Crippen MR) is 91.0 cm³/mol. The van der Waals surface area contributed by atoms with E-state index in [4.69, 9.17) is 14.2 Å². The van der Waals surface area contributed by atoms with Gasteiger partial charge in [0.25, 0.3) is 0 Å². The van der Waals surface area contributed by atoms with Crippen LogP contribution in [0.25, 0.3) is 0 Å². The molecule has 0 aromatic heterocycles. The summed E-state index contributed by atoms with van der Waals surface area (Å²) < 4.78 is 21.2. The zero-order chi connectivity index (χ0) is 17.2. The minimum absolute atomic E-state index is 0.352. The Morgan fingerprint density at radius 1 is 0.833 bits per heavy atom. The molecule has 0 heterocycles. The van der Waals surface area contributed by atoms with Crippen LogP contribution in [0.3, 0.4) is 0 Å². The Morgan fingerprint density at radius 2 is 1.46 bits per heavy atom. The van der Waals surface area contributed by atoms with Crippen molar-refractivity contribution in [3.8, 4) is 17.2 Å². The van der Waals surface area contributed by atoms with E-state index in [-0.39, 0.29) is 5.97 Å². The van der Waals surface area contributed by atoms with E-state index in [0.29, 0.717) is 18.8 Å². The van der Waals surface area contributed by atoms with E-state index < -0.39 is 0 Å². The third-order valence-corrected chi connectivity index (χ3v) is 3.41. The minimum atomic E-state index is -0.352. The van der Waals surface area contributed by atoms with Crippen molar-refractivity contribution in [2.75, 3.05) is 27.4 Å². The molecular weight excluding hydrogens is 308 g/mol. The standard InChI is InChI=1S/C19H22O5/c1-21-17-7-3-4-8-18(17)24-14-6-5-13-23-16-11-9-15(10-12-16)19(20)22-2/h3-4,7-12H,5-6,13-14H2,1-2H3. The molecule has 0 aliphatic carbocycles. The van der Waals surface area contributed by atoms with Gasteiger partial charge in [0.05, 0.1) is 33.0 Å². The fourth-order valence-electron chi connectivity index (χ4n) is 2.12. The molecule has 0 atom stereocenters. The molecular formula is C19H22O5. The van der Waals surface area contributed by atoms with E-state index in [2.05, 4.69) is 4.74 Å². The van der Waals surface area contributed by atoms with Crippen molar-refractivity contribution in [1.82, 2.24) is 0 Å². The highest BCUT2D eigenvalue weighted by Crippen LogP contribution is 2.25. The lowest BCUT2D eigenvalue weighted by Gasteiger charge is -2.10. The number of carbonyl (C=O) groups is 1. The van der Waals surface area contributed by atoms with Crippen LogP contribution in [0.4, 0.5) is 0 Å². The number of para-hydroxylation sites is 2. The Bertz CT molecular complexity index is 636. The van der Waals surface area contributed by atoms with Gasteiger partial charge in [0.1, 0.15) is 5.75 Å². The van der Waals surface area contributed by atoms with Crippen molar-refractivity contribution in [1.29, 1.82) is 0 Å². The number of methoxy groups -OCH3 is 2. The van der Waals surface area contributed by atoms with Crippen LogP contribution in [0.15, 0.2) is 48.5 Å². The van der Waals surface area contributed by atoms with Gasteiger partial charge in [0, 0.05) is 0 Å². The molecule has 2 rings (SSSR count). The molecule has 0 amide bonds. The van der Waals surface area contributed by atoms with Gasteiger partial charge >= 0.3 is 5.97 Å². The lowest BCUT2D eigenvalue weighted by molar-refractivity contribution is 0.0600. The summed E-state index contributed by atoms with van der Waals surface area (Å²) in [4.78, 5) is 11.3. The van der Waals surface area contributed by atoms with Crippen molar-refractivity contribution in [2.45, 2.75) is 12.8 Å². The molecule has 128 valence electrons. The number of esters is 1. The Balaban J connectivity index is 1.65. The van der Waals surface area contributed by atoms with Crippen molar-refractivity contribution in [3.63, 3.8) is 0 Å². The summed E-state index contributed by atoms with van der Waals surface area (Å²) in [5.41, 5.74) is 0.509. The summed E-state index contributed by atoms with van der Waals surface area (Å²) >= 11 is 0. The van der Waals surface area contributed by atoms with Gasteiger partial charge in [-0.05, 0) is 49.2 Å². The van der Waals surface area contributed by atoms with E-state index >= 15 is 0 Å². The van der Waals surface area contributed by atoms with Gasteiger partial charge < -0.3 is 18.9 Å². The molecule has 0 aliphatic heterocycles. The molecule has 0 spiro atoms. The third-order valence-electron chi connectivity index (χ3n) is 3.41. The molecule has 0 bridgehead atoms. The first kappa shape index (κ1) is 17.7. The molecule has 0 aliphatic rings. The second-order valence-corrected chi connectivity index (χ2v) is 5.07. The van der Waals surface area contributed by atoms with Crippen LogP contribution >= 0.6 is 0 Å². The SMILES string of the molecule is COC(=O)c1ccc(OCCCCOc2ccccc2OC)cc1. The monoisotopic (exact) mass is 330 g/mol.